The molecule has 0 aromatic heterocycles. The Balaban J connectivity index is 2.78. The van der Waals surface area contributed by atoms with Gasteiger partial charge in [0.1, 0.15) is 0 Å². The first kappa shape index (κ1) is 11.4. The zero-order chi connectivity index (χ0) is 11.4. The number of carbonyl (C=O) groups is 1. The maximum Gasteiger partial charge on any atom is 0.258 e. The van der Waals surface area contributed by atoms with Gasteiger partial charge in [0.15, 0.2) is 0 Å². The predicted molar refractivity (Wildman–Crippen MR) is 54.0 cm³/mol. The number of halogens is 2. The SMILES string of the molecule is CC(Nc1cccc(C(N)=O)c1)C(F)F. The third-order valence-electron chi connectivity index (χ3n) is 1.92. The maximum absolute atomic E-state index is 12.2. The molecule has 1 unspecified atom stereocenters. The monoisotopic (exact) mass is 214 g/mol. The molecule has 5 heteroatoms. The van der Waals surface area contributed by atoms with Gasteiger partial charge in [-0.3, -0.25) is 4.79 Å². The summed E-state index contributed by atoms with van der Waals surface area (Å²) in [7, 11) is 0. The van der Waals surface area contributed by atoms with Crippen molar-refractivity contribution in [2.24, 2.45) is 5.73 Å². The molecule has 1 aromatic carbocycles. The summed E-state index contributed by atoms with van der Waals surface area (Å²) in [6, 6.07) is 5.20. The Hall–Kier alpha value is -1.65. The summed E-state index contributed by atoms with van der Waals surface area (Å²) >= 11 is 0. The third kappa shape index (κ3) is 3.19. The molecule has 3 N–H and O–H groups in total. The Morgan fingerprint density at radius 2 is 2.13 bits per heavy atom. The lowest BCUT2D eigenvalue weighted by atomic mass is 10.2. The topological polar surface area (TPSA) is 55.1 Å². The second kappa shape index (κ2) is 4.72. The summed E-state index contributed by atoms with van der Waals surface area (Å²) in [5.74, 6) is -0.580. The van der Waals surface area contributed by atoms with Crippen molar-refractivity contribution in [2.45, 2.75) is 19.4 Å². The quantitative estimate of drug-likeness (QED) is 0.803. The van der Waals surface area contributed by atoms with E-state index in [1.54, 1.807) is 12.1 Å². The lowest BCUT2D eigenvalue weighted by Gasteiger charge is -2.14. The predicted octanol–water partition coefficient (Wildman–Crippen LogP) is 1.85. The Kier molecular flexibility index (Phi) is 3.60. The van der Waals surface area contributed by atoms with Gasteiger partial charge in [0, 0.05) is 11.3 Å². The average molecular weight is 214 g/mol. The summed E-state index contributed by atoms with van der Waals surface area (Å²) in [5, 5.41) is 2.58. The second-order valence-electron chi connectivity index (χ2n) is 3.21. The number of benzene rings is 1. The van der Waals surface area contributed by atoms with Crippen molar-refractivity contribution in [3.8, 4) is 0 Å². The fourth-order valence-electron chi connectivity index (χ4n) is 1.09. The molecular weight excluding hydrogens is 202 g/mol. The van der Waals surface area contributed by atoms with Gasteiger partial charge < -0.3 is 11.1 Å². The van der Waals surface area contributed by atoms with Crippen LogP contribution in [0.15, 0.2) is 24.3 Å². The Bertz CT molecular complexity index is 355. The van der Waals surface area contributed by atoms with Crippen LogP contribution in [0.3, 0.4) is 0 Å². The lowest BCUT2D eigenvalue weighted by molar-refractivity contribution is 0.100. The number of nitrogens with one attached hydrogen (secondary N) is 1. The third-order valence-corrected chi connectivity index (χ3v) is 1.92. The minimum absolute atomic E-state index is 0.293. The zero-order valence-electron chi connectivity index (χ0n) is 8.21. The zero-order valence-corrected chi connectivity index (χ0v) is 8.21. The molecular formula is C10H12F2N2O. The van der Waals surface area contributed by atoms with Crippen LogP contribution in [-0.4, -0.2) is 18.4 Å². The van der Waals surface area contributed by atoms with Crippen LogP contribution >= 0.6 is 0 Å². The molecule has 0 spiro atoms. The summed E-state index contributed by atoms with van der Waals surface area (Å²) in [6.45, 7) is 1.36. The van der Waals surface area contributed by atoms with Gasteiger partial charge in [-0.25, -0.2) is 8.78 Å². The summed E-state index contributed by atoms with van der Waals surface area (Å²) in [6.07, 6.45) is -2.46. The molecule has 0 saturated heterocycles. The van der Waals surface area contributed by atoms with E-state index in [9.17, 15) is 13.6 Å². The number of hydrogen-bond donors (Lipinski definition) is 2. The Morgan fingerprint density at radius 3 is 2.67 bits per heavy atom. The number of rotatable bonds is 4. The van der Waals surface area contributed by atoms with Crippen molar-refractivity contribution >= 4 is 11.6 Å². The van der Waals surface area contributed by atoms with Crippen molar-refractivity contribution in [1.29, 1.82) is 0 Å². The first-order valence-electron chi connectivity index (χ1n) is 4.45. The van der Waals surface area contributed by atoms with Crippen LogP contribution in [0.2, 0.25) is 0 Å². The van der Waals surface area contributed by atoms with Crippen LogP contribution in [0.1, 0.15) is 17.3 Å². The molecule has 0 radical (unpaired) electrons. The molecule has 82 valence electrons. The number of carbonyl (C=O) groups excluding carboxylic acids is 1. The van der Waals surface area contributed by atoms with E-state index >= 15 is 0 Å². The molecule has 0 aliphatic rings. The summed E-state index contributed by atoms with van der Waals surface area (Å²) in [4.78, 5) is 10.8. The van der Waals surface area contributed by atoms with Crippen molar-refractivity contribution in [3.63, 3.8) is 0 Å². The van der Waals surface area contributed by atoms with E-state index in [0.717, 1.165) is 0 Å². The molecule has 0 fully saturated rings. The molecule has 0 aliphatic carbocycles. The highest BCUT2D eigenvalue weighted by Gasteiger charge is 2.14. The van der Waals surface area contributed by atoms with Gasteiger partial charge in [-0.05, 0) is 25.1 Å². The van der Waals surface area contributed by atoms with Gasteiger partial charge in [0.05, 0.1) is 6.04 Å². The molecule has 15 heavy (non-hydrogen) atoms. The van der Waals surface area contributed by atoms with Crippen LogP contribution in [0.4, 0.5) is 14.5 Å². The molecule has 1 aromatic rings. The van der Waals surface area contributed by atoms with E-state index in [0.29, 0.717) is 11.3 Å². The van der Waals surface area contributed by atoms with E-state index in [4.69, 9.17) is 5.73 Å². The molecule has 0 aliphatic heterocycles. The second-order valence-corrected chi connectivity index (χ2v) is 3.21. The molecule has 3 nitrogen and oxygen atoms in total. The molecule has 0 heterocycles. The van der Waals surface area contributed by atoms with Crippen molar-refractivity contribution in [1.82, 2.24) is 0 Å². The van der Waals surface area contributed by atoms with Crippen LogP contribution < -0.4 is 11.1 Å². The highest BCUT2D eigenvalue weighted by molar-refractivity contribution is 5.93. The highest BCUT2D eigenvalue weighted by atomic mass is 19.3. The molecule has 1 atom stereocenters. The number of amides is 1. The van der Waals surface area contributed by atoms with Crippen LogP contribution in [0, 0.1) is 0 Å². The lowest BCUT2D eigenvalue weighted by Crippen LogP contribution is -2.24. The van der Waals surface area contributed by atoms with Crippen molar-refractivity contribution < 1.29 is 13.6 Å². The summed E-state index contributed by atoms with van der Waals surface area (Å²) in [5.41, 5.74) is 5.81. The minimum Gasteiger partial charge on any atom is -0.377 e. The van der Waals surface area contributed by atoms with E-state index in [-0.39, 0.29) is 0 Å². The number of alkyl halides is 2. The standard InChI is InChI=1S/C10H12F2N2O/c1-6(9(11)12)14-8-4-2-3-7(5-8)10(13)15/h2-6,9,14H,1H3,(H2,13,15). The van der Waals surface area contributed by atoms with Crippen LogP contribution in [-0.2, 0) is 0 Å². The largest absolute Gasteiger partial charge is 0.377 e. The minimum atomic E-state index is -2.46. The Morgan fingerprint density at radius 1 is 1.47 bits per heavy atom. The van der Waals surface area contributed by atoms with Gasteiger partial charge in [-0.1, -0.05) is 6.07 Å². The number of hydrogen-bond acceptors (Lipinski definition) is 2. The Labute approximate surface area is 86.3 Å². The van der Waals surface area contributed by atoms with Crippen molar-refractivity contribution in [3.05, 3.63) is 29.8 Å². The molecule has 0 saturated carbocycles. The molecule has 0 bridgehead atoms. The van der Waals surface area contributed by atoms with Gasteiger partial charge in [0.2, 0.25) is 5.91 Å². The van der Waals surface area contributed by atoms with Crippen molar-refractivity contribution in [2.75, 3.05) is 5.32 Å². The first-order chi connectivity index (χ1) is 7.00. The fourth-order valence-corrected chi connectivity index (χ4v) is 1.09. The van der Waals surface area contributed by atoms with Gasteiger partial charge >= 0.3 is 0 Å². The van der Waals surface area contributed by atoms with E-state index in [2.05, 4.69) is 5.32 Å². The number of anilines is 1. The number of primary amides is 1. The van der Waals surface area contributed by atoms with Gasteiger partial charge in [-0.2, -0.15) is 0 Å². The van der Waals surface area contributed by atoms with Gasteiger partial charge in [0.25, 0.3) is 6.43 Å². The smallest absolute Gasteiger partial charge is 0.258 e. The number of nitrogens with two attached hydrogens (primary N) is 1. The normalized spacial score (nSPS) is 12.5. The van der Waals surface area contributed by atoms with Crippen LogP contribution in [0.5, 0.6) is 0 Å². The van der Waals surface area contributed by atoms with E-state index < -0.39 is 18.4 Å². The maximum atomic E-state index is 12.2. The summed E-state index contributed by atoms with van der Waals surface area (Å²) < 4.78 is 24.4. The highest BCUT2D eigenvalue weighted by Crippen LogP contribution is 2.13. The van der Waals surface area contributed by atoms with Gasteiger partial charge in [-0.15, -0.1) is 0 Å². The van der Waals surface area contributed by atoms with Crippen LogP contribution in [0.25, 0.3) is 0 Å². The van der Waals surface area contributed by atoms with E-state index in [1.807, 2.05) is 0 Å². The van der Waals surface area contributed by atoms with E-state index in [1.165, 1.54) is 19.1 Å². The average Bonchev–Trinajstić information content (AvgIpc) is 2.18. The molecule has 1 rings (SSSR count). The first-order valence-corrected chi connectivity index (χ1v) is 4.45. The molecule has 1 amide bonds. The fraction of sp³-hybridized carbons (Fsp3) is 0.300.